The molecular formula is C12H16N2O3. The Morgan fingerprint density at radius 1 is 1.59 bits per heavy atom. The van der Waals surface area contributed by atoms with Crippen LogP contribution in [0, 0.1) is 0 Å². The lowest BCUT2D eigenvalue weighted by Gasteiger charge is -2.23. The highest BCUT2D eigenvalue weighted by atomic mass is 16.5. The zero-order valence-corrected chi connectivity index (χ0v) is 9.72. The summed E-state index contributed by atoms with van der Waals surface area (Å²) in [5, 5.41) is 9.38. The van der Waals surface area contributed by atoms with Gasteiger partial charge in [-0.15, -0.1) is 0 Å². The summed E-state index contributed by atoms with van der Waals surface area (Å²) >= 11 is 0. The molecule has 0 saturated carbocycles. The summed E-state index contributed by atoms with van der Waals surface area (Å²) in [6, 6.07) is 4.47. The van der Waals surface area contributed by atoms with Gasteiger partial charge in [0.2, 0.25) is 0 Å². The summed E-state index contributed by atoms with van der Waals surface area (Å²) in [5.74, 6) is -0.146. The van der Waals surface area contributed by atoms with Gasteiger partial charge in [-0.3, -0.25) is 4.79 Å². The average Bonchev–Trinajstić information content (AvgIpc) is 2.84. The molecule has 2 rings (SSSR count). The van der Waals surface area contributed by atoms with Gasteiger partial charge in [-0.05, 0) is 24.6 Å². The van der Waals surface area contributed by atoms with Crippen LogP contribution >= 0.6 is 0 Å². The van der Waals surface area contributed by atoms with E-state index in [1.165, 1.54) is 18.2 Å². The standard InChI is InChI=1S/C12H16N2O3/c1-14(8-4-5-17-7-8)12(16)10-6-9(15)2-3-11(10)13/h2-3,6,8,15H,4-5,7,13H2,1H3. The average molecular weight is 236 g/mol. The Morgan fingerprint density at radius 2 is 2.35 bits per heavy atom. The summed E-state index contributed by atoms with van der Waals surface area (Å²) in [5.41, 5.74) is 6.44. The van der Waals surface area contributed by atoms with Gasteiger partial charge in [0.05, 0.1) is 18.2 Å². The summed E-state index contributed by atoms with van der Waals surface area (Å²) in [4.78, 5) is 13.8. The first kappa shape index (κ1) is 11.7. The molecule has 1 saturated heterocycles. The molecule has 1 fully saturated rings. The second kappa shape index (κ2) is 4.63. The molecule has 0 radical (unpaired) electrons. The quantitative estimate of drug-likeness (QED) is 0.589. The Morgan fingerprint density at radius 3 is 3.00 bits per heavy atom. The summed E-state index contributed by atoms with van der Waals surface area (Å²) in [7, 11) is 1.73. The number of phenols is 1. The molecule has 1 aliphatic heterocycles. The highest BCUT2D eigenvalue weighted by Gasteiger charge is 2.26. The highest BCUT2D eigenvalue weighted by molar-refractivity contribution is 5.99. The predicted molar refractivity (Wildman–Crippen MR) is 63.8 cm³/mol. The van der Waals surface area contributed by atoms with Gasteiger partial charge in [-0.25, -0.2) is 0 Å². The lowest BCUT2D eigenvalue weighted by molar-refractivity contribution is 0.0712. The summed E-state index contributed by atoms with van der Waals surface area (Å²) < 4.78 is 5.24. The summed E-state index contributed by atoms with van der Waals surface area (Å²) in [6.07, 6.45) is 0.834. The van der Waals surface area contributed by atoms with Gasteiger partial charge in [0.15, 0.2) is 0 Å². The van der Waals surface area contributed by atoms with Crippen molar-refractivity contribution in [1.82, 2.24) is 4.90 Å². The van der Waals surface area contributed by atoms with Crippen molar-refractivity contribution in [3.63, 3.8) is 0 Å². The first-order valence-corrected chi connectivity index (χ1v) is 5.53. The van der Waals surface area contributed by atoms with Gasteiger partial charge < -0.3 is 20.5 Å². The number of carbonyl (C=O) groups excluding carboxylic acids is 1. The molecule has 0 aromatic heterocycles. The van der Waals surface area contributed by atoms with E-state index in [2.05, 4.69) is 0 Å². The second-order valence-electron chi connectivity index (χ2n) is 4.21. The van der Waals surface area contributed by atoms with Crippen LogP contribution in [0.2, 0.25) is 0 Å². The van der Waals surface area contributed by atoms with Gasteiger partial charge in [0.25, 0.3) is 5.91 Å². The Bertz CT molecular complexity index is 428. The van der Waals surface area contributed by atoms with Crippen LogP contribution in [0.5, 0.6) is 5.75 Å². The molecule has 1 heterocycles. The van der Waals surface area contributed by atoms with E-state index in [1.807, 2.05) is 0 Å². The number of benzene rings is 1. The largest absolute Gasteiger partial charge is 0.508 e. The van der Waals surface area contributed by atoms with E-state index in [4.69, 9.17) is 10.5 Å². The Labute approximate surface area is 99.8 Å². The SMILES string of the molecule is CN(C(=O)c1cc(O)ccc1N)C1CCOC1. The minimum Gasteiger partial charge on any atom is -0.508 e. The van der Waals surface area contributed by atoms with Crippen LogP contribution in [0.4, 0.5) is 5.69 Å². The van der Waals surface area contributed by atoms with Crippen molar-refractivity contribution < 1.29 is 14.6 Å². The van der Waals surface area contributed by atoms with Crippen LogP contribution in [0.15, 0.2) is 18.2 Å². The van der Waals surface area contributed by atoms with E-state index < -0.39 is 0 Å². The maximum absolute atomic E-state index is 12.2. The van der Waals surface area contributed by atoms with Crippen LogP contribution in [0.25, 0.3) is 0 Å². The molecule has 5 heteroatoms. The van der Waals surface area contributed by atoms with Crippen molar-refractivity contribution in [2.24, 2.45) is 0 Å². The van der Waals surface area contributed by atoms with Crippen molar-refractivity contribution in [2.45, 2.75) is 12.5 Å². The van der Waals surface area contributed by atoms with Crippen LogP contribution in [0.3, 0.4) is 0 Å². The van der Waals surface area contributed by atoms with Gasteiger partial charge in [-0.2, -0.15) is 0 Å². The minimum absolute atomic E-state index is 0.0404. The Hall–Kier alpha value is -1.75. The second-order valence-corrected chi connectivity index (χ2v) is 4.21. The topological polar surface area (TPSA) is 75.8 Å². The van der Waals surface area contributed by atoms with Crippen molar-refractivity contribution in [3.8, 4) is 5.75 Å². The fourth-order valence-electron chi connectivity index (χ4n) is 1.91. The first-order chi connectivity index (χ1) is 8.09. The highest BCUT2D eigenvalue weighted by Crippen LogP contribution is 2.22. The Kier molecular flexibility index (Phi) is 3.19. The molecule has 0 spiro atoms. The monoisotopic (exact) mass is 236 g/mol. The van der Waals surface area contributed by atoms with Gasteiger partial charge in [-0.1, -0.05) is 0 Å². The number of ether oxygens (including phenoxy) is 1. The maximum atomic E-state index is 12.2. The number of amides is 1. The number of hydrogen-bond donors (Lipinski definition) is 2. The molecule has 1 atom stereocenters. The molecule has 1 unspecified atom stereocenters. The van der Waals surface area contributed by atoms with E-state index >= 15 is 0 Å². The number of nitrogens with two attached hydrogens (primary N) is 1. The minimum atomic E-state index is -0.186. The fraction of sp³-hybridized carbons (Fsp3) is 0.417. The number of carbonyl (C=O) groups is 1. The molecule has 92 valence electrons. The molecule has 1 aromatic carbocycles. The van der Waals surface area contributed by atoms with Crippen LogP contribution in [-0.2, 0) is 4.74 Å². The van der Waals surface area contributed by atoms with E-state index in [-0.39, 0.29) is 17.7 Å². The number of nitrogen functional groups attached to an aromatic ring is 1. The normalized spacial score (nSPS) is 19.2. The maximum Gasteiger partial charge on any atom is 0.256 e. The number of nitrogens with zero attached hydrogens (tertiary/aromatic N) is 1. The van der Waals surface area contributed by atoms with E-state index in [1.54, 1.807) is 11.9 Å². The third kappa shape index (κ3) is 2.34. The van der Waals surface area contributed by atoms with E-state index in [0.29, 0.717) is 24.5 Å². The van der Waals surface area contributed by atoms with Crippen LogP contribution in [0.1, 0.15) is 16.8 Å². The van der Waals surface area contributed by atoms with E-state index in [9.17, 15) is 9.90 Å². The van der Waals surface area contributed by atoms with Crippen LogP contribution in [-0.4, -0.2) is 42.2 Å². The van der Waals surface area contributed by atoms with Gasteiger partial charge >= 0.3 is 0 Å². The van der Waals surface area contributed by atoms with Gasteiger partial charge in [0, 0.05) is 19.3 Å². The summed E-state index contributed by atoms with van der Waals surface area (Å²) in [6.45, 7) is 1.23. The molecule has 0 aliphatic carbocycles. The van der Waals surface area contributed by atoms with Crippen molar-refractivity contribution in [1.29, 1.82) is 0 Å². The molecule has 1 aromatic rings. The number of likely N-dealkylation sites (N-methyl/N-ethyl adjacent to an activating group) is 1. The zero-order valence-electron chi connectivity index (χ0n) is 9.72. The van der Waals surface area contributed by atoms with Crippen molar-refractivity contribution in [3.05, 3.63) is 23.8 Å². The fourth-order valence-corrected chi connectivity index (χ4v) is 1.91. The number of phenolic OH excluding ortho intramolecular Hbond substituents is 1. The number of anilines is 1. The lowest BCUT2D eigenvalue weighted by Crippen LogP contribution is -2.37. The smallest absolute Gasteiger partial charge is 0.256 e. The lowest BCUT2D eigenvalue weighted by atomic mass is 10.1. The van der Waals surface area contributed by atoms with Crippen molar-refractivity contribution >= 4 is 11.6 Å². The van der Waals surface area contributed by atoms with E-state index in [0.717, 1.165) is 6.42 Å². The van der Waals surface area contributed by atoms with Gasteiger partial charge in [0.1, 0.15) is 5.75 Å². The Balaban J connectivity index is 2.20. The van der Waals surface area contributed by atoms with Crippen molar-refractivity contribution in [2.75, 3.05) is 26.0 Å². The first-order valence-electron chi connectivity index (χ1n) is 5.53. The molecule has 5 nitrogen and oxygen atoms in total. The van der Waals surface area contributed by atoms with Crippen LogP contribution < -0.4 is 5.73 Å². The third-order valence-electron chi connectivity index (χ3n) is 3.04. The molecule has 1 amide bonds. The number of aromatic hydroxyl groups is 1. The number of hydrogen-bond acceptors (Lipinski definition) is 4. The third-order valence-corrected chi connectivity index (χ3v) is 3.04. The molecule has 17 heavy (non-hydrogen) atoms. The predicted octanol–water partition coefficient (Wildman–Crippen LogP) is 0.835. The molecule has 0 bridgehead atoms. The zero-order chi connectivity index (χ0) is 12.4. The molecule has 3 N–H and O–H groups in total. The molecule has 1 aliphatic rings. The molecular weight excluding hydrogens is 220 g/mol. The number of rotatable bonds is 2.